The van der Waals surface area contributed by atoms with Gasteiger partial charge >= 0.3 is 5.97 Å². The number of halogens is 1. The molecule has 0 spiro atoms. The maximum absolute atomic E-state index is 13.7. The highest BCUT2D eigenvalue weighted by atomic mass is 19.1. The second-order valence-electron chi connectivity index (χ2n) is 3.17. The fraction of sp³-hybridized carbons (Fsp3) is 0.444. The molecule has 1 aliphatic rings. The molecular formula is C9H12FNO2. The third-order valence-corrected chi connectivity index (χ3v) is 1.98. The number of carboxylic acids is 1. The van der Waals surface area contributed by atoms with Crippen LogP contribution < -0.4 is 5.73 Å². The van der Waals surface area contributed by atoms with Crippen LogP contribution in [0, 0.1) is 0 Å². The molecule has 0 amide bonds. The molecule has 72 valence electrons. The molecular weight excluding hydrogens is 173 g/mol. The monoisotopic (exact) mass is 185 g/mol. The van der Waals surface area contributed by atoms with Crippen LogP contribution in [0.1, 0.15) is 12.8 Å². The third kappa shape index (κ3) is 2.66. The van der Waals surface area contributed by atoms with Crippen LogP contribution in [0.5, 0.6) is 0 Å². The fourth-order valence-corrected chi connectivity index (χ4v) is 1.24. The van der Waals surface area contributed by atoms with Crippen molar-refractivity contribution in [2.24, 2.45) is 5.73 Å². The quantitative estimate of drug-likeness (QED) is 0.689. The second-order valence-corrected chi connectivity index (χ2v) is 3.17. The van der Waals surface area contributed by atoms with E-state index in [1.807, 2.05) is 0 Å². The van der Waals surface area contributed by atoms with E-state index < -0.39 is 17.7 Å². The third-order valence-electron chi connectivity index (χ3n) is 1.98. The number of aliphatic carboxylic acids is 1. The molecule has 0 saturated heterocycles. The van der Waals surface area contributed by atoms with Gasteiger partial charge in [0.25, 0.3) is 0 Å². The Bertz CT molecular complexity index is 262. The topological polar surface area (TPSA) is 63.3 Å². The summed E-state index contributed by atoms with van der Waals surface area (Å²) in [5.41, 5.74) is 3.64. The van der Waals surface area contributed by atoms with Gasteiger partial charge in [-0.1, -0.05) is 18.2 Å². The Hall–Kier alpha value is -1.16. The van der Waals surface area contributed by atoms with Crippen LogP contribution in [0.4, 0.5) is 4.39 Å². The first-order valence-electron chi connectivity index (χ1n) is 4.05. The number of hydrogen-bond acceptors (Lipinski definition) is 2. The molecule has 0 fully saturated rings. The van der Waals surface area contributed by atoms with Crippen LogP contribution in [0.15, 0.2) is 24.3 Å². The van der Waals surface area contributed by atoms with Gasteiger partial charge in [-0.05, 0) is 6.08 Å². The van der Waals surface area contributed by atoms with E-state index in [1.165, 1.54) is 6.08 Å². The van der Waals surface area contributed by atoms with Gasteiger partial charge in [-0.2, -0.15) is 0 Å². The van der Waals surface area contributed by atoms with E-state index in [1.54, 1.807) is 18.2 Å². The molecule has 0 heterocycles. The fourth-order valence-electron chi connectivity index (χ4n) is 1.24. The van der Waals surface area contributed by atoms with E-state index in [9.17, 15) is 9.18 Å². The molecule has 3 nitrogen and oxygen atoms in total. The Morgan fingerprint density at radius 3 is 2.85 bits per heavy atom. The Labute approximate surface area is 75.7 Å². The maximum atomic E-state index is 13.7. The van der Waals surface area contributed by atoms with Gasteiger partial charge in [0, 0.05) is 12.8 Å². The lowest BCUT2D eigenvalue weighted by Crippen LogP contribution is -2.38. The average molecular weight is 185 g/mol. The van der Waals surface area contributed by atoms with Crippen molar-refractivity contribution in [3.8, 4) is 0 Å². The van der Waals surface area contributed by atoms with Crippen molar-refractivity contribution < 1.29 is 14.3 Å². The molecule has 0 saturated carbocycles. The summed E-state index contributed by atoms with van der Waals surface area (Å²) >= 11 is 0. The Morgan fingerprint density at radius 2 is 2.38 bits per heavy atom. The number of rotatable bonds is 3. The number of carboxylic acid groups (broad SMARTS) is 1. The number of nitrogens with two attached hydrogens (primary N) is 1. The van der Waals surface area contributed by atoms with E-state index in [-0.39, 0.29) is 12.8 Å². The van der Waals surface area contributed by atoms with Crippen LogP contribution in [0.3, 0.4) is 0 Å². The molecule has 0 aromatic rings. The predicted octanol–water partition coefficient (Wildman–Crippen LogP) is 1.01. The van der Waals surface area contributed by atoms with Gasteiger partial charge in [0.05, 0.1) is 0 Å². The molecule has 1 aliphatic carbocycles. The lowest BCUT2D eigenvalue weighted by molar-refractivity contribution is -0.139. The zero-order valence-corrected chi connectivity index (χ0v) is 7.11. The number of allylic oxidation sites excluding steroid dienone is 4. The molecule has 0 aromatic carbocycles. The highest BCUT2D eigenvalue weighted by Crippen LogP contribution is 2.27. The minimum absolute atomic E-state index is 0.177. The first-order valence-corrected chi connectivity index (χ1v) is 4.05. The smallest absolute Gasteiger partial charge is 0.320 e. The van der Waals surface area contributed by atoms with Crippen molar-refractivity contribution in [2.75, 3.05) is 0 Å². The molecule has 0 aliphatic heterocycles. The average Bonchev–Trinajstić information content (AvgIpc) is 2.04. The van der Waals surface area contributed by atoms with Crippen LogP contribution in [-0.4, -0.2) is 22.8 Å². The minimum atomic E-state index is -1.59. The van der Waals surface area contributed by atoms with Gasteiger partial charge < -0.3 is 10.8 Å². The van der Waals surface area contributed by atoms with Crippen LogP contribution in [-0.2, 0) is 4.79 Å². The van der Waals surface area contributed by atoms with E-state index in [4.69, 9.17) is 10.8 Å². The normalized spacial score (nSPS) is 28.8. The Balaban J connectivity index is 2.57. The Morgan fingerprint density at radius 1 is 1.69 bits per heavy atom. The van der Waals surface area contributed by atoms with Crippen molar-refractivity contribution >= 4 is 5.97 Å². The Kier molecular flexibility index (Phi) is 2.83. The van der Waals surface area contributed by atoms with Crippen LogP contribution in [0.2, 0.25) is 0 Å². The van der Waals surface area contributed by atoms with Crippen LogP contribution >= 0.6 is 0 Å². The zero-order chi connectivity index (χ0) is 9.90. The summed E-state index contributed by atoms with van der Waals surface area (Å²) < 4.78 is 13.7. The van der Waals surface area contributed by atoms with E-state index in [0.29, 0.717) is 0 Å². The first-order chi connectivity index (χ1) is 6.03. The summed E-state index contributed by atoms with van der Waals surface area (Å²) in [7, 11) is 0. The lowest BCUT2D eigenvalue weighted by atomic mass is 9.90. The summed E-state index contributed by atoms with van der Waals surface area (Å²) in [4.78, 5) is 10.4. The van der Waals surface area contributed by atoms with Gasteiger partial charge in [0.2, 0.25) is 0 Å². The molecule has 2 atom stereocenters. The van der Waals surface area contributed by atoms with Gasteiger partial charge in [0.1, 0.15) is 11.7 Å². The summed E-state index contributed by atoms with van der Waals surface area (Å²) in [6, 6.07) is -1.14. The first kappa shape index (κ1) is 9.92. The molecule has 1 rings (SSSR count). The summed E-state index contributed by atoms with van der Waals surface area (Å²) in [5.74, 6) is -1.17. The number of alkyl halides is 1. The SMILES string of the molecule is N[C@@H](CC1(F)C=CC=CC1)C(=O)O. The second kappa shape index (κ2) is 3.70. The lowest BCUT2D eigenvalue weighted by Gasteiger charge is -2.23. The van der Waals surface area contributed by atoms with Crippen molar-refractivity contribution in [2.45, 2.75) is 24.6 Å². The summed E-state index contributed by atoms with van der Waals surface area (Å²) in [6.45, 7) is 0. The largest absolute Gasteiger partial charge is 0.480 e. The van der Waals surface area contributed by atoms with Gasteiger partial charge in [-0.3, -0.25) is 4.79 Å². The summed E-state index contributed by atoms with van der Waals surface area (Å²) in [5, 5.41) is 8.49. The minimum Gasteiger partial charge on any atom is -0.480 e. The molecule has 3 N–H and O–H groups in total. The molecule has 0 radical (unpaired) electrons. The highest BCUT2D eigenvalue weighted by molar-refractivity contribution is 5.73. The van der Waals surface area contributed by atoms with Crippen molar-refractivity contribution in [3.63, 3.8) is 0 Å². The molecule has 4 heteroatoms. The van der Waals surface area contributed by atoms with Crippen molar-refractivity contribution in [1.82, 2.24) is 0 Å². The molecule has 0 aromatic heterocycles. The summed E-state index contributed by atoms with van der Waals surface area (Å²) in [6.07, 6.45) is 6.33. The maximum Gasteiger partial charge on any atom is 0.320 e. The van der Waals surface area contributed by atoms with Gasteiger partial charge in [0.15, 0.2) is 0 Å². The number of hydrogen-bond donors (Lipinski definition) is 2. The van der Waals surface area contributed by atoms with E-state index in [0.717, 1.165) is 0 Å². The molecule has 13 heavy (non-hydrogen) atoms. The van der Waals surface area contributed by atoms with Crippen molar-refractivity contribution in [3.05, 3.63) is 24.3 Å². The zero-order valence-electron chi connectivity index (χ0n) is 7.11. The van der Waals surface area contributed by atoms with E-state index in [2.05, 4.69) is 0 Å². The van der Waals surface area contributed by atoms with Gasteiger partial charge in [-0.15, -0.1) is 0 Å². The van der Waals surface area contributed by atoms with Crippen LogP contribution in [0.25, 0.3) is 0 Å². The molecule has 0 bridgehead atoms. The predicted molar refractivity (Wildman–Crippen MR) is 47.0 cm³/mol. The van der Waals surface area contributed by atoms with Crippen molar-refractivity contribution in [1.29, 1.82) is 0 Å². The standard InChI is InChI=1S/C9H12FNO2/c10-9(4-2-1-3-5-9)6-7(11)8(12)13/h1-4,7H,5-6,11H2,(H,12,13)/t7-,9?/m0/s1. The number of carbonyl (C=O) groups is 1. The highest BCUT2D eigenvalue weighted by Gasteiger charge is 2.31. The molecule has 1 unspecified atom stereocenters. The van der Waals surface area contributed by atoms with E-state index >= 15 is 0 Å². The van der Waals surface area contributed by atoms with Gasteiger partial charge in [-0.25, -0.2) is 4.39 Å².